The number of nitrogens with zero attached hydrogens (tertiary/aromatic N) is 1. The van der Waals surface area contributed by atoms with Crippen LogP contribution < -0.4 is 5.32 Å². The highest BCUT2D eigenvalue weighted by Gasteiger charge is 2.14. The van der Waals surface area contributed by atoms with Crippen LogP contribution in [0, 0.1) is 11.6 Å². The molecule has 0 radical (unpaired) electrons. The monoisotopic (exact) mass is 250 g/mol. The maximum atomic E-state index is 13.7. The first-order valence-corrected chi connectivity index (χ1v) is 6.07. The third kappa shape index (κ3) is 2.15. The molecule has 0 aliphatic heterocycles. The van der Waals surface area contributed by atoms with E-state index in [2.05, 4.69) is 10.3 Å². The Balaban J connectivity index is 2.72. The topological polar surface area (TPSA) is 24.9 Å². The van der Waals surface area contributed by atoms with Crippen molar-refractivity contribution in [1.82, 2.24) is 4.98 Å². The minimum Gasteiger partial charge on any atom is -0.370 e. The Morgan fingerprint density at radius 2 is 2.00 bits per heavy atom. The minimum atomic E-state index is -0.887. The van der Waals surface area contributed by atoms with Gasteiger partial charge < -0.3 is 5.32 Å². The fourth-order valence-electron chi connectivity index (χ4n) is 1.95. The molecule has 4 heteroatoms. The van der Waals surface area contributed by atoms with Gasteiger partial charge in [0.25, 0.3) is 0 Å². The Labute approximate surface area is 105 Å². The summed E-state index contributed by atoms with van der Waals surface area (Å²) in [4.78, 5) is 4.22. The van der Waals surface area contributed by atoms with Gasteiger partial charge in [-0.2, -0.15) is 0 Å². The molecule has 0 aliphatic rings. The number of nitrogens with one attached hydrogen (secondary N) is 1. The van der Waals surface area contributed by atoms with E-state index in [9.17, 15) is 8.78 Å². The van der Waals surface area contributed by atoms with E-state index in [1.165, 1.54) is 0 Å². The molecule has 0 unspecified atom stereocenters. The summed E-state index contributed by atoms with van der Waals surface area (Å²) in [7, 11) is 0. The molecule has 0 amide bonds. The van der Waals surface area contributed by atoms with E-state index in [1.807, 2.05) is 26.8 Å². The van der Waals surface area contributed by atoms with Gasteiger partial charge in [-0.25, -0.2) is 13.8 Å². The Hall–Kier alpha value is -1.71. The van der Waals surface area contributed by atoms with E-state index in [4.69, 9.17) is 0 Å². The first-order chi connectivity index (χ1) is 8.54. The maximum Gasteiger partial charge on any atom is 0.185 e. The molecule has 1 heterocycles. The number of pyridine rings is 1. The fraction of sp³-hybridized carbons (Fsp3) is 0.357. The molecule has 0 saturated heterocycles. The van der Waals surface area contributed by atoms with Crippen LogP contribution in [0.3, 0.4) is 0 Å². The summed E-state index contributed by atoms with van der Waals surface area (Å²) < 4.78 is 26.9. The lowest BCUT2D eigenvalue weighted by atomic mass is 10.0. The molecule has 0 saturated carbocycles. The van der Waals surface area contributed by atoms with Crippen LogP contribution in [-0.2, 0) is 0 Å². The summed E-state index contributed by atoms with van der Waals surface area (Å²) in [6.07, 6.45) is 0. The smallest absolute Gasteiger partial charge is 0.185 e. The normalized spacial score (nSPS) is 11.2. The lowest BCUT2D eigenvalue weighted by Gasteiger charge is -2.14. The van der Waals surface area contributed by atoms with E-state index in [0.29, 0.717) is 17.7 Å². The first kappa shape index (κ1) is 12.7. The van der Waals surface area contributed by atoms with Gasteiger partial charge in [0.1, 0.15) is 11.3 Å². The number of hydrogen-bond acceptors (Lipinski definition) is 2. The van der Waals surface area contributed by atoms with Crippen LogP contribution in [0.25, 0.3) is 10.9 Å². The van der Waals surface area contributed by atoms with Crippen molar-refractivity contribution in [3.05, 3.63) is 35.4 Å². The Bertz CT molecular complexity index is 580. The van der Waals surface area contributed by atoms with Gasteiger partial charge in [-0.15, -0.1) is 0 Å². The highest BCUT2D eigenvalue weighted by Crippen LogP contribution is 2.28. The van der Waals surface area contributed by atoms with Gasteiger partial charge in [0, 0.05) is 11.9 Å². The molecule has 0 spiro atoms. The summed E-state index contributed by atoms with van der Waals surface area (Å²) in [6, 6.07) is 4.56. The van der Waals surface area contributed by atoms with Crippen LogP contribution in [0.15, 0.2) is 18.2 Å². The third-order valence-electron chi connectivity index (χ3n) is 2.87. The molecule has 0 atom stereocenters. The maximum absolute atomic E-state index is 13.7. The first-order valence-electron chi connectivity index (χ1n) is 6.07. The number of aromatic nitrogens is 1. The minimum absolute atomic E-state index is 0.0790. The Kier molecular flexibility index (Phi) is 3.45. The number of halogens is 2. The predicted octanol–water partition coefficient (Wildman–Crippen LogP) is 4.07. The quantitative estimate of drug-likeness (QED) is 0.888. The van der Waals surface area contributed by atoms with Crippen LogP contribution in [0.4, 0.5) is 14.6 Å². The Morgan fingerprint density at radius 1 is 1.28 bits per heavy atom. The molecule has 1 N–H and O–H groups in total. The molecular formula is C14H16F2N2. The lowest BCUT2D eigenvalue weighted by Crippen LogP contribution is -2.06. The zero-order chi connectivity index (χ0) is 13.3. The van der Waals surface area contributed by atoms with E-state index in [-0.39, 0.29) is 11.4 Å². The Morgan fingerprint density at radius 3 is 2.61 bits per heavy atom. The van der Waals surface area contributed by atoms with E-state index >= 15 is 0 Å². The van der Waals surface area contributed by atoms with Gasteiger partial charge >= 0.3 is 0 Å². The lowest BCUT2D eigenvalue weighted by molar-refractivity contribution is 0.515. The van der Waals surface area contributed by atoms with Crippen molar-refractivity contribution < 1.29 is 8.78 Å². The van der Waals surface area contributed by atoms with Crippen LogP contribution in [0.5, 0.6) is 0 Å². The second-order valence-corrected chi connectivity index (χ2v) is 4.54. The van der Waals surface area contributed by atoms with Crippen molar-refractivity contribution >= 4 is 16.7 Å². The zero-order valence-corrected chi connectivity index (χ0v) is 10.7. The summed E-state index contributed by atoms with van der Waals surface area (Å²) in [5.74, 6) is -0.856. The van der Waals surface area contributed by atoms with Crippen molar-refractivity contribution in [2.75, 3.05) is 11.9 Å². The van der Waals surface area contributed by atoms with Crippen LogP contribution in [0.2, 0.25) is 0 Å². The van der Waals surface area contributed by atoms with Gasteiger partial charge in [-0.3, -0.25) is 0 Å². The summed E-state index contributed by atoms with van der Waals surface area (Å²) in [6.45, 7) is 6.72. The number of hydrogen-bond donors (Lipinski definition) is 1. The summed E-state index contributed by atoms with van der Waals surface area (Å²) in [5.41, 5.74) is 1.09. The summed E-state index contributed by atoms with van der Waals surface area (Å²) >= 11 is 0. The third-order valence-corrected chi connectivity index (χ3v) is 2.87. The fourth-order valence-corrected chi connectivity index (χ4v) is 1.95. The average Bonchev–Trinajstić information content (AvgIpc) is 2.34. The highest BCUT2D eigenvalue weighted by atomic mass is 19.2. The molecule has 18 heavy (non-hydrogen) atoms. The van der Waals surface area contributed by atoms with Crippen LogP contribution >= 0.6 is 0 Å². The zero-order valence-electron chi connectivity index (χ0n) is 10.7. The average molecular weight is 250 g/mol. The van der Waals surface area contributed by atoms with Gasteiger partial charge in [-0.05, 0) is 36.6 Å². The molecular weight excluding hydrogens is 234 g/mol. The SMILES string of the molecule is CCNc1nc2c(F)c(F)ccc2cc1C(C)C. The van der Waals surface area contributed by atoms with E-state index in [0.717, 1.165) is 11.6 Å². The molecule has 2 aromatic rings. The van der Waals surface area contributed by atoms with Gasteiger partial charge in [-0.1, -0.05) is 13.8 Å². The largest absolute Gasteiger partial charge is 0.370 e. The van der Waals surface area contributed by atoms with Crippen LogP contribution in [-0.4, -0.2) is 11.5 Å². The molecule has 1 aromatic heterocycles. The van der Waals surface area contributed by atoms with Crippen molar-refractivity contribution in [2.45, 2.75) is 26.7 Å². The van der Waals surface area contributed by atoms with Gasteiger partial charge in [0.05, 0.1) is 0 Å². The summed E-state index contributed by atoms with van der Waals surface area (Å²) in [5, 5.41) is 3.72. The van der Waals surface area contributed by atoms with Gasteiger partial charge in [0.2, 0.25) is 0 Å². The standard InChI is InChI=1S/C14H16F2N2/c1-4-17-14-10(8(2)3)7-9-5-6-11(15)12(16)13(9)18-14/h5-8H,4H2,1-3H3,(H,17,18). The molecule has 0 bridgehead atoms. The van der Waals surface area contributed by atoms with Gasteiger partial charge in [0.15, 0.2) is 11.6 Å². The van der Waals surface area contributed by atoms with Crippen molar-refractivity contribution in [1.29, 1.82) is 0 Å². The number of anilines is 1. The van der Waals surface area contributed by atoms with Crippen molar-refractivity contribution in [2.24, 2.45) is 0 Å². The molecule has 2 nitrogen and oxygen atoms in total. The second-order valence-electron chi connectivity index (χ2n) is 4.54. The van der Waals surface area contributed by atoms with E-state index in [1.54, 1.807) is 6.07 Å². The van der Waals surface area contributed by atoms with Crippen LogP contribution in [0.1, 0.15) is 32.3 Å². The molecule has 0 fully saturated rings. The number of benzene rings is 1. The molecule has 1 aromatic carbocycles. The van der Waals surface area contributed by atoms with Crippen molar-refractivity contribution in [3.8, 4) is 0 Å². The molecule has 0 aliphatic carbocycles. The van der Waals surface area contributed by atoms with E-state index < -0.39 is 11.6 Å². The number of rotatable bonds is 3. The molecule has 96 valence electrons. The number of fused-ring (bicyclic) bond motifs is 1. The van der Waals surface area contributed by atoms with Crippen molar-refractivity contribution in [3.63, 3.8) is 0 Å². The second kappa shape index (κ2) is 4.88. The predicted molar refractivity (Wildman–Crippen MR) is 69.9 cm³/mol. The highest BCUT2D eigenvalue weighted by molar-refractivity contribution is 5.82. The molecule has 2 rings (SSSR count).